The Kier molecular flexibility index (Phi) is 10.2. The maximum atomic E-state index is 10.6. The molecule has 2 aliphatic rings. The predicted molar refractivity (Wildman–Crippen MR) is 120 cm³/mol. The highest BCUT2D eigenvalue weighted by Crippen LogP contribution is 2.41. The van der Waals surface area contributed by atoms with Gasteiger partial charge in [-0.2, -0.15) is 26.3 Å². The molecule has 1 spiro atoms. The Labute approximate surface area is 211 Å². The second-order valence-electron chi connectivity index (χ2n) is 8.46. The zero-order chi connectivity index (χ0) is 27.9. The zero-order valence-corrected chi connectivity index (χ0v) is 20.4. The van der Waals surface area contributed by atoms with Gasteiger partial charge in [0.05, 0.1) is 10.7 Å². The molecule has 0 atom stereocenters. The Morgan fingerprint density at radius 2 is 1.46 bits per heavy atom. The first-order chi connectivity index (χ1) is 17.1. The highest BCUT2D eigenvalue weighted by Gasteiger charge is 2.41. The molecule has 0 aliphatic carbocycles. The van der Waals surface area contributed by atoms with Crippen molar-refractivity contribution in [2.45, 2.75) is 45.1 Å². The van der Waals surface area contributed by atoms with Gasteiger partial charge in [0, 0.05) is 37.4 Å². The summed E-state index contributed by atoms with van der Waals surface area (Å²) in [7, 11) is 0. The Balaban J connectivity index is 0.000000286. The first kappa shape index (κ1) is 30.2. The van der Waals surface area contributed by atoms with E-state index in [1.54, 1.807) is 11.3 Å². The van der Waals surface area contributed by atoms with Crippen LogP contribution in [0.15, 0.2) is 23.8 Å². The van der Waals surface area contributed by atoms with Crippen LogP contribution in [0.4, 0.5) is 32.3 Å². The molecule has 2 N–H and O–H groups in total. The van der Waals surface area contributed by atoms with E-state index < -0.39 is 24.3 Å². The van der Waals surface area contributed by atoms with Crippen molar-refractivity contribution < 1.29 is 46.1 Å². The Morgan fingerprint density at radius 3 is 1.89 bits per heavy atom. The van der Waals surface area contributed by atoms with Gasteiger partial charge in [-0.25, -0.2) is 24.5 Å². The summed E-state index contributed by atoms with van der Waals surface area (Å²) < 4.78 is 63.5. The first-order valence-corrected chi connectivity index (χ1v) is 11.7. The molecule has 2 aliphatic heterocycles. The van der Waals surface area contributed by atoms with Crippen LogP contribution in [0.25, 0.3) is 0 Å². The number of carboxylic acids is 2. The van der Waals surface area contributed by atoms with Crippen LogP contribution in [0.1, 0.15) is 30.0 Å². The summed E-state index contributed by atoms with van der Waals surface area (Å²) >= 11 is 1.75. The van der Waals surface area contributed by atoms with Crippen molar-refractivity contribution in [2.24, 2.45) is 5.41 Å². The number of piperidine rings is 1. The Morgan fingerprint density at radius 1 is 0.973 bits per heavy atom. The van der Waals surface area contributed by atoms with Gasteiger partial charge in [0.25, 0.3) is 0 Å². The molecule has 0 amide bonds. The quantitative estimate of drug-likeness (QED) is 0.540. The lowest BCUT2D eigenvalue weighted by atomic mass is 9.78. The smallest absolute Gasteiger partial charge is 0.475 e. The van der Waals surface area contributed by atoms with E-state index in [9.17, 15) is 26.3 Å². The van der Waals surface area contributed by atoms with Crippen LogP contribution >= 0.6 is 11.3 Å². The number of carboxylic acid groups (broad SMARTS) is 2. The molecule has 2 aromatic rings. The number of nitrogens with zero attached hydrogens (tertiary/aromatic N) is 5. The van der Waals surface area contributed by atoms with Crippen molar-refractivity contribution in [3.63, 3.8) is 0 Å². The van der Waals surface area contributed by atoms with Gasteiger partial charge < -0.3 is 15.1 Å². The standard InChI is InChI=1S/C17H23N5S.2C2HF3O2/c1-14-20-15(12-23-14)11-21-8-3-17(4-9-21)5-10-22(13-17)16-18-6-2-7-19-16;2*3-2(4,5)1(6)7/h2,6-7,12H,3-5,8-11,13H2,1H3;2*(H,6,7). The number of aliphatic carboxylic acids is 2. The molecule has 0 bridgehead atoms. The van der Waals surface area contributed by atoms with Crippen LogP contribution in [-0.4, -0.2) is 80.5 Å². The number of anilines is 1. The molecule has 4 rings (SSSR count). The van der Waals surface area contributed by atoms with Crippen LogP contribution in [0.2, 0.25) is 0 Å². The number of likely N-dealkylation sites (tertiary alicyclic amines) is 1. The molecule has 2 aromatic heterocycles. The second-order valence-corrected chi connectivity index (χ2v) is 9.52. The van der Waals surface area contributed by atoms with Gasteiger partial charge in [-0.1, -0.05) is 0 Å². The van der Waals surface area contributed by atoms with Crippen molar-refractivity contribution in [1.29, 1.82) is 0 Å². The molecular weight excluding hydrogens is 532 g/mol. The number of rotatable bonds is 3. The van der Waals surface area contributed by atoms with Gasteiger partial charge in [-0.05, 0) is 50.8 Å². The monoisotopic (exact) mass is 557 g/mol. The van der Waals surface area contributed by atoms with Crippen molar-refractivity contribution in [3.05, 3.63) is 34.5 Å². The third-order valence-electron chi connectivity index (χ3n) is 5.73. The molecule has 9 nitrogen and oxygen atoms in total. The van der Waals surface area contributed by atoms with E-state index in [1.807, 2.05) is 18.5 Å². The van der Waals surface area contributed by atoms with Gasteiger partial charge in [-0.3, -0.25) is 4.90 Å². The maximum absolute atomic E-state index is 10.6. The van der Waals surface area contributed by atoms with E-state index in [0.29, 0.717) is 5.41 Å². The molecule has 206 valence electrons. The number of thiazole rings is 1. The normalized spacial score (nSPS) is 17.4. The van der Waals surface area contributed by atoms with E-state index in [1.165, 1.54) is 43.1 Å². The Bertz CT molecular complexity index is 1000. The van der Waals surface area contributed by atoms with E-state index in [0.717, 1.165) is 25.6 Å². The molecule has 2 saturated heterocycles. The lowest BCUT2D eigenvalue weighted by Crippen LogP contribution is -2.41. The van der Waals surface area contributed by atoms with Gasteiger partial charge >= 0.3 is 24.3 Å². The molecule has 0 unspecified atom stereocenters. The fourth-order valence-corrected chi connectivity index (χ4v) is 4.47. The van der Waals surface area contributed by atoms with Gasteiger partial charge in [0.2, 0.25) is 5.95 Å². The summed E-state index contributed by atoms with van der Waals surface area (Å²) in [6, 6.07) is 1.88. The van der Waals surface area contributed by atoms with Gasteiger partial charge in [0.15, 0.2) is 0 Å². The van der Waals surface area contributed by atoms with E-state index in [2.05, 4.69) is 37.1 Å². The van der Waals surface area contributed by atoms with Crippen molar-refractivity contribution in [2.75, 3.05) is 31.1 Å². The molecule has 16 heteroatoms. The summed E-state index contributed by atoms with van der Waals surface area (Å²) in [4.78, 5) is 36.1. The molecule has 4 heterocycles. The number of halogens is 6. The number of carbonyl (C=O) groups is 2. The van der Waals surface area contributed by atoms with Crippen LogP contribution < -0.4 is 4.90 Å². The third-order valence-corrected chi connectivity index (χ3v) is 6.55. The summed E-state index contributed by atoms with van der Waals surface area (Å²) in [5, 5.41) is 17.6. The predicted octanol–water partition coefficient (Wildman–Crippen LogP) is 4.00. The van der Waals surface area contributed by atoms with E-state index >= 15 is 0 Å². The third kappa shape index (κ3) is 9.76. The number of hydrogen-bond acceptors (Lipinski definition) is 8. The largest absolute Gasteiger partial charge is 0.490 e. The topological polar surface area (TPSA) is 120 Å². The summed E-state index contributed by atoms with van der Waals surface area (Å²) in [5.41, 5.74) is 1.70. The van der Waals surface area contributed by atoms with E-state index in [-0.39, 0.29) is 0 Å². The maximum Gasteiger partial charge on any atom is 0.490 e. The molecule has 37 heavy (non-hydrogen) atoms. The van der Waals surface area contributed by atoms with Crippen LogP contribution in [0.3, 0.4) is 0 Å². The highest BCUT2D eigenvalue weighted by molar-refractivity contribution is 7.09. The fourth-order valence-electron chi connectivity index (χ4n) is 3.86. The number of aromatic nitrogens is 3. The van der Waals surface area contributed by atoms with Crippen LogP contribution in [0, 0.1) is 12.3 Å². The number of alkyl halides is 6. The van der Waals surface area contributed by atoms with Crippen molar-refractivity contribution >= 4 is 29.2 Å². The zero-order valence-electron chi connectivity index (χ0n) is 19.6. The number of aryl methyl sites for hydroxylation is 1. The van der Waals surface area contributed by atoms with Crippen molar-refractivity contribution in [3.8, 4) is 0 Å². The number of hydrogen-bond donors (Lipinski definition) is 2. The summed E-state index contributed by atoms with van der Waals surface area (Å²) in [6.07, 6.45) is -2.66. The van der Waals surface area contributed by atoms with Crippen LogP contribution in [-0.2, 0) is 16.1 Å². The summed E-state index contributed by atoms with van der Waals surface area (Å²) in [5.74, 6) is -4.62. The molecule has 0 saturated carbocycles. The second kappa shape index (κ2) is 12.5. The average molecular weight is 558 g/mol. The molecule has 0 aromatic carbocycles. The Hall–Kier alpha value is -3.01. The fraction of sp³-hybridized carbons (Fsp3) is 0.571. The SMILES string of the molecule is Cc1nc(CN2CCC3(CC2)CCN(c2ncccn2)C3)cs1.O=C(O)C(F)(F)F.O=C(O)C(F)(F)F. The molecule has 2 fully saturated rings. The first-order valence-electron chi connectivity index (χ1n) is 10.9. The minimum absolute atomic E-state index is 0.466. The molecule has 0 radical (unpaired) electrons. The summed E-state index contributed by atoms with van der Waals surface area (Å²) in [6.45, 7) is 7.65. The van der Waals surface area contributed by atoms with Crippen LogP contribution in [0.5, 0.6) is 0 Å². The van der Waals surface area contributed by atoms with Gasteiger partial charge in [0.1, 0.15) is 0 Å². The van der Waals surface area contributed by atoms with Gasteiger partial charge in [-0.15, -0.1) is 11.3 Å². The van der Waals surface area contributed by atoms with Crippen molar-refractivity contribution in [1.82, 2.24) is 19.9 Å². The minimum Gasteiger partial charge on any atom is -0.475 e. The lowest BCUT2D eigenvalue weighted by Gasteiger charge is -2.39. The van der Waals surface area contributed by atoms with E-state index in [4.69, 9.17) is 19.8 Å². The molecular formula is C21H25F6N5O4S. The highest BCUT2D eigenvalue weighted by atomic mass is 32.1. The minimum atomic E-state index is -5.08. The average Bonchev–Trinajstić information content (AvgIpc) is 3.42. The lowest BCUT2D eigenvalue weighted by molar-refractivity contribution is -0.193.